The van der Waals surface area contributed by atoms with Crippen molar-refractivity contribution in [3.8, 4) is 0 Å². The highest BCUT2D eigenvalue weighted by molar-refractivity contribution is 7.92. The first kappa shape index (κ1) is 19.2. The van der Waals surface area contributed by atoms with Gasteiger partial charge in [0.05, 0.1) is 4.90 Å². The second kappa shape index (κ2) is 8.40. The summed E-state index contributed by atoms with van der Waals surface area (Å²) < 4.78 is 39.7. The van der Waals surface area contributed by atoms with E-state index in [0.717, 1.165) is 0 Å². The van der Waals surface area contributed by atoms with Crippen LogP contribution in [0.1, 0.15) is 10.4 Å². The second-order valence-electron chi connectivity index (χ2n) is 5.55. The van der Waals surface area contributed by atoms with E-state index in [9.17, 15) is 17.6 Å². The van der Waals surface area contributed by atoms with E-state index < -0.39 is 15.8 Å². The monoisotopic (exact) mass is 398 g/mol. The van der Waals surface area contributed by atoms with Gasteiger partial charge in [-0.15, -0.1) is 0 Å². The number of hydrogen-bond acceptors (Lipinski definition) is 6. The van der Waals surface area contributed by atoms with Gasteiger partial charge < -0.3 is 5.32 Å². The van der Waals surface area contributed by atoms with Gasteiger partial charge in [-0.1, -0.05) is 0 Å². The Morgan fingerprint density at radius 2 is 1.61 bits per heavy atom. The van der Waals surface area contributed by atoms with Crippen molar-refractivity contribution < 1.29 is 17.6 Å². The molecule has 0 bridgehead atoms. The topological polar surface area (TPSA) is 101 Å². The van der Waals surface area contributed by atoms with E-state index in [1.807, 2.05) is 0 Å². The first-order valence-corrected chi connectivity index (χ1v) is 9.55. The van der Waals surface area contributed by atoms with Crippen LogP contribution in [-0.4, -0.2) is 24.2 Å². The number of sulfonamides is 1. The largest absolute Gasteiger partial charge is 0.362 e. The van der Waals surface area contributed by atoms with Gasteiger partial charge >= 0.3 is 0 Å². The molecule has 0 atom stereocenters. The molecule has 0 saturated carbocycles. The van der Waals surface area contributed by atoms with Gasteiger partial charge in [0.2, 0.25) is 5.95 Å². The molecule has 3 aromatic rings. The van der Waals surface area contributed by atoms with Crippen LogP contribution in [0.3, 0.4) is 0 Å². The van der Waals surface area contributed by atoms with Gasteiger partial charge in [-0.3, -0.25) is 4.79 Å². The first-order chi connectivity index (χ1) is 13.4. The van der Waals surface area contributed by atoms with Crippen LogP contribution >= 0.6 is 0 Å². The zero-order valence-electron chi connectivity index (χ0n) is 14.4. The number of aromatic nitrogens is 2. The molecule has 2 N–H and O–H groups in total. The molecule has 7 nitrogen and oxygen atoms in total. The third kappa shape index (κ3) is 4.98. The zero-order valence-corrected chi connectivity index (χ0v) is 15.2. The molecular weight excluding hydrogens is 383 g/mol. The Morgan fingerprint density at radius 1 is 0.964 bits per heavy atom. The number of rotatable bonds is 7. The maximum Gasteiger partial charge on any atom is 0.264 e. The lowest BCUT2D eigenvalue weighted by molar-refractivity contribution is 0.104. The number of carbonyl (C=O) groups excluding carboxylic acids is 1. The van der Waals surface area contributed by atoms with Crippen molar-refractivity contribution in [2.45, 2.75) is 4.90 Å². The van der Waals surface area contributed by atoms with Crippen LogP contribution < -0.4 is 10.0 Å². The van der Waals surface area contributed by atoms with E-state index >= 15 is 0 Å². The van der Waals surface area contributed by atoms with E-state index in [1.165, 1.54) is 61.1 Å². The smallest absolute Gasteiger partial charge is 0.264 e. The van der Waals surface area contributed by atoms with Gasteiger partial charge in [-0.25, -0.2) is 27.5 Å². The summed E-state index contributed by atoms with van der Waals surface area (Å²) in [5, 5.41) is 2.87. The van der Waals surface area contributed by atoms with E-state index in [1.54, 1.807) is 18.2 Å². The van der Waals surface area contributed by atoms with Crippen molar-refractivity contribution in [2.24, 2.45) is 0 Å². The molecule has 3 rings (SSSR count). The molecule has 142 valence electrons. The molecule has 1 heterocycles. The van der Waals surface area contributed by atoms with Gasteiger partial charge in [-0.05, 0) is 54.6 Å². The van der Waals surface area contributed by atoms with Gasteiger partial charge in [0.1, 0.15) is 5.82 Å². The van der Waals surface area contributed by atoms with Crippen molar-refractivity contribution in [1.29, 1.82) is 0 Å². The minimum Gasteiger partial charge on any atom is -0.362 e. The Bertz CT molecular complexity index is 1080. The lowest BCUT2D eigenvalue weighted by atomic mass is 10.1. The Balaban J connectivity index is 1.62. The Labute approximate surface area is 161 Å². The van der Waals surface area contributed by atoms with Gasteiger partial charge in [0.25, 0.3) is 10.0 Å². The maximum atomic E-state index is 12.9. The van der Waals surface area contributed by atoms with E-state index in [4.69, 9.17) is 0 Å². The number of ketones is 1. The Morgan fingerprint density at radius 3 is 2.25 bits per heavy atom. The molecule has 0 aliphatic carbocycles. The number of allylic oxidation sites excluding steroid dienone is 1. The molecule has 1 aromatic heterocycles. The van der Waals surface area contributed by atoms with E-state index in [2.05, 4.69) is 20.0 Å². The van der Waals surface area contributed by atoms with E-state index in [0.29, 0.717) is 11.3 Å². The quantitative estimate of drug-likeness (QED) is 0.468. The second-order valence-corrected chi connectivity index (χ2v) is 7.23. The van der Waals surface area contributed by atoms with Crippen LogP contribution in [0.4, 0.5) is 16.0 Å². The normalized spacial score (nSPS) is 11.3. The first-order valence-electron chi connectivity index (χ1n) is 8.07. The summed E-state index contributed by atoms with van der Waals surface area (Å²) in [7, 11) is -3.81. The molecule has 2 aromatic carbocycles. The lowest BCUT2D eigenvalue weighted by Crippen LogP contribution is -2.14. The lowest BCUT2D eigenvalue weighted by Gasteiger charge is -2.07. The van der Waals surface area contributed by atoms with Crippen LogP contribution in [0.2, 0.25) is 0 Å². The molecule has 0 aliphatic rings. The van der Waals surface area contributed by atoms with Crippen molar-refractivity contribution in [3.05, 3.63) is 90.6 Å². The summed E-state index contributed by atoms with van der Waals surface area (Å²) in [6.07, 6.45) is 5.58. The standard InChI is InChI=1S/C19H15FN4O3S/c20-15-4-2-14(3-5-15)18(25)10-13-21-16-6-8-17(9-7-16)28(26,27)24-19-22-11-1-12-23-19/h1-13,21H,(H,22,23,24)/b13-10-. The SMILES string of the molecule is O=C(/C=C\Nc1ccc(S(=O)(=O)Nc2ncccn2)cc1)c1ccc(F)cc1. The van der Waals surface area contributed by atoms with Gasteiger partial charge in [0.15, 0.2) is 5.78 Å². The van der Waals surface area contributed by atoms with Gasteiger partial charge in [-0.2, -0.15) is 0 Å². The maximum absolute atomic E-state index is 12.9. The molecule has 0 spiro atoms. The van der Waals surface area contributed by atoms with Crippen LogP contribution in [0.25, 0.3) is 0 Å². The van der Waals surface area contributed by atoms with Crippen molar-refractivity contribution in [1.82, 2.24) is 9.97 Å². The number of nitrogens with zero attached hydrogens (tertiary/aromatic N) is 2. The van der Waals surface area contributed by atoms with E-state index in [-0.39, 0.29) is 16.6 Å². The minimum atomic E-state index is -3.81. The van der Waals surface area contributed by atoms with Crippen LogP contribution in [0.15, 0.2) is 84.2 Å². The fraction of sp³-hybridized carbons (Fsp3) is 0. The predicted molar refractivity (Wildman–Crippen MR) is 103 cm³/mol. The molecule has 0 unspecified atom stereocenters. The minimum absolute atomic E-state index is 0.0214. The Hall–Kier alpha value is -3.59. The molecule has 0 fully saturated rings. The molecule has 0 radical (unpaired) electrons. The summed E-state index contributed by atoms with van der Waals surface area (Å²) >= 11 is 0. The van der Waals surface area contributed by atoms with Crippen molar-refractivity contribution in [2.75, 3.05) is 10.0 Å². The number of nitrogens with one attached hydrogen (secondary N) is 2. The molecular formula is C19H15FN4O3S. The Kier molecular flexibility index (Phi) is 5.75. The van der Waals surface area contributed by atoms with Crippen molar-refractivity contribution in [3.63, 3.8) is 0 Å². The summed E-state index contributed by atoms with van der Waals surface area (Å²) in [6, 6.07) is 12.7. The molecule has 0 aliphatic heterocycles. The third-order valence-electron chi connectivity index (χ3n) is 3.57. The summed E-state index contributed by atoms with van der Waals surface area (Å²) in [4.78, 5) is 19.6. The zero-order chi connectivity index (χ0) is 20.0. The summed E-state index contributed by atoms with van der Waals surface area (Å²) in [5.41, 5.74) is 0.938. The molecule has 28 heavy (non-hydrogen) atoms. The highest BCUT2D eigenvalue weighted by Crippen LogP contribution is 2.16. The summed E-state index contributed by atoms with van der Waals surface area (Å²) in [5.74, 6) is -0.729. The average Bonchev–Trinajstić information content (AvgIpc) is 2.69. The predicted octanol–water partition coefficient (Wildman–Crippen LogP) is 3.23. The number of halogens is 1. The fourth-order valence-corrected chi connectivity index (χ4v) is 3.14. The highest BCUT2D eigenvalue weighted by Gasteiger charge is 2.15. The van der Waals surface area contributed by atoms with Gasteiger partial charge in [0, 0.05) is 35.9 Å². The average molecular weight is 398 g/mol. The van der Waals surface area contributed by atoms with Crippen LogP contribution in [0, 0.1) is 5.82 Å². The molecule has 0 amide bonds. The number of anilines is 2. The summed E-state index contributed by atoms with van der Waals surface area (Å²) in [6.45, 7) is 0. The third-order valence-corrected chi connectivity index (χ3v) is 4.91. The number of benzene rings is 2. The van der Waals surface area contributed by atoms with Crippen LogP contribution in [0.5, 0.6) is 0 Å². The number of hydrogen-bond donors (Lipinski definition) is 2. The molecule has 0 saturated heterocycles. The van der Waals surface area contributed by atoms with Crippen molar-refractivity contribution >= 4 is 27.4 Å². The molecule has 9 heteroatoms. The number of carbonyl (C=O) groups is 1. The highest BCUT2D eigenvalue weighted by atomic mass is 32.2. The van der Waals surface area contributed by atoms with Crippen LogP contribution in [-0.2, 0) is 10.0 Å². The fourth-order valence-electron chi connectivity index (χ4n) is 2.19.